The van der Waals surface area contributed by atoms with Gasteiger partial charge in [-0.3, -0.25) is 0 Å². The van der Waals surface area contributed by atoms with Crippen LogP contribution in [0.15, 0.2) is 0 Å². The van der Waals surface area contributed by atoms with Crippen LogP contribution in [0.3, 0.4) is 0 Å². The molecule has 0 amide bonds. The van der Waals surface area contributed by atoms with Crippen molar-refractivity contribution in [3.05, 3.63) is 0 Å². The molecule has 2 N–H and O–H groups in total. The van der Waals surface area contributed by atoms with E-state index >= 15 is 0 Å². The maximum atomic E-state index is 5.93. The SMILES string of the molecule is CC(COC(C)(C)C)C(C)(C)N. The minimum absolute atomic E-state index is 0.0560. The van der Waals surface area contributed by atoms with Crippen LogP contribution in [0.1, 0.15) is 41.5 Å². The summed E-state index contributed by atoms with van der Waals surface area (Å²) in [6, 6.07) is 0. The summed E-state index contributed by atoms with van der Waals surface area (Å²) in [5, 5.41) is 0. The van der Waals surface area contributed by atoms with E-state index in [1.54, 1.807) is 0 Å². The summed E-state index contributed by atoms with van der Waals surface area (Å²) in [6.07, 6.45) is 0. The Kier molecular flexibility index (Phi) is 3.73. The Labute approximate surface area is 76.5 Å². The fourth-order valence-corrected chi connectivity index (χ4v) is 0.590. The van der Waals surface area contributed by atoms with Gasteiger partial charge in [-0.25, -0.2) is 0 Å². The molecule has 1 unspecified atom stereocenters. The second kappa shape index (κ2) is 3.75. The van der Waals surface area contributed by atoms with Crippen LogP contribution in [0.4, 0.5) is 0 Å². The number of hydrogen-bond donors (Lipinski definition) is 1. The molecular formula is C10H23NO. The Morgan fingerprint density at radius 3 is 1.83 bits per heavy atom. The molecule has 0 fully saturated rings. The van der Waals surface area contributed by atoms with Gasteiger partial charge < -0.3 is 10.5 Å². The lowest BCUT2D eigenvalue weighted by molar-refractivity contribution is -0.0290. The van der Waals surface area contributed by atoms with Crippen molar-refractivity contribution in [2.24, 2.45) is 11.7 Å². The summed E-state index contributed by atoms with van der Waals surface area (Å²) in [7, 11) is 0. The van der Waals surface area contributed by atoms with E-state index in [1.165, 1.54) is 0 Å². The molecule has 0 aliphatic carbocycles. The number of ether oxygens (including phenoxy) is 1. The highest BCUT2D eigenvalue weighted by Crippen LogP contribution is 2.16. The molecule has 0 aromatic carbocycles. The fourth-order valence-electron chi connectivity index (χ4n) is 0.590. The van der Waals surface area contributed by atoms with Crippen LogP contribution in [0, 0.1) is 5.92 Å². The van der Waals surface area contributed by atoms with Crippen LogP contribution >= 0.6 is 0 Å². The molecule has 0 radical (unpaired) electrons. The van der Waals surface area contributed by atoms with Crippen molar-refractivity contribution in [3.63, 3.8) is 0 Å². The normalized spacial score (nSPS) is 16.2. The average Bonchev–Trinajstić information content (AvgIpc) is 1.78. The first-order chi connectivity index (χ1) is 5.13. The van der Waals surface area contributed by atoms with Gasteiger partial charge >= 0.3 is 0 Å². The Bertz CT molecular complexity index is 130. The molecule has 0 spiro atoms. The predicted molar refractivity (Wildman–Crippen MR) is 53.1 cm³/mol. The number of rotatable bonds is 3. The van der Waals surface area contributed by atoms with Crippen molar-refractivity contribution >= 4 is 0 Å². The highest BCUT2D eigenvalue weighted by Gasteiger charge is 2.22. The molecule has 0 aromatic heterocycles. The molecule has 0 saturated heterocycles. The van der Waals surface area contributed by atoms with E-state index < -0.39 is 0 Å². The Hall–Kier alpha value is -0.0800. The molecule has 2 nitrogen and oxygen atoms in total. The third-order valence-electron chi connectivity index (χ3n) is 2.04. The van der Waals surface area contributed by atoms with E-state index in [1.807, 2.05) is 13.8 Å². The second-order valence-corrected chi connectivity index (χ2v) is 5.15. The fraction of sp³-hybridized carbons (Fsp3) is 1.00. The Morgan fingerprint density at radius 2 is 1.58 bits per heavy atom. The topological polar surface area (TPSA) is 35.2 Å². The molecular weight excluding hydrogens is 150 g/mol. The summed E-state index contributed by atoms with van der Waals surface area (Å²) in [4.78, 5) is 0. The molecule has 0 aromatic rings. The van der Waals surface area contributed by atoms with Gasteiger partial charge in [-0.05, 0) is 40.5 Å². The molecule has 2 heteroatoms. The smallest absolute Gasteiger partial charge is 0.0598 e. The van der Waals surface area contributed by atoms with Crippen LogP contribution in [0.2, 0.25) is 0 Å². The number of nitrogens with two attached hydrogens (primary N) is 1. The van der Waals surface area contributed by atoms with Gasteiger partial charge in [-0.15, -0.1) is 0 Å². The quantitative estimate of drug-likeness (QED) is 0.710. The van der Waals surface area contributed by atoms with E-state index in [-0.39, 0.29) is 11.1 Å². The largest absolute Gasteiger partial charge is 0.376 e. The van der Waals surface area contributed by atoms with E-state index in [0.717, 1.165) is 6.61 Å². The highest BCUT2D eigenvalue weighted by atomic mass is 16.5. The predicted octanol–water partition coefficient (Wildman–Crippen LogP) is 2.17. The van der Waals surface area contributed by atoms with Crippen molar-refractivity contribution in [2.75, 3.05) is 6.61 Å². The van der Waals surface area contributed by atoms with Gasteiger partial charge in [0.05, 0.1) is 12.2 Å². The Morgan fingerprint density at radius 1 is 1.17 bits per heavy atom. The zero-order valence-electron chi connectivity index (χ0n) is 9.27. The molecule has 74 valence electrons. The minimum atomic E-state index is -0.148. The van der Waals surface area contributed by atoms with Crippen LogP contribution in [0.5, 0.6) is 0 Å². The monoisotopic (exact) mass is 173 g/mol. The molecule has 0 rings (SSSR count). The van der Waals surface area contributed by atoms with Gasteiger partial charge in [0, 0.05) is 5.54 Å². The number of hydrogen-bond acceptors (Lipinski definition) is 2. The van der Waals surface area contributed by atoms with E-state index in [0.29, 0.717) is 5.92 Å². The zero-order valence-corrected chi connectivity index (χ0v) is 9.27. The molecule has 0 aliphatic rings. The van der Waals surface area contributed by atoms with Gasteiger partial charge in [0.2, 0.25) is 0 Å². The van der Waals surface area contributed by atoms with Gasteiger partial charge in [0.15, 0.2) is 0 Å². The Balaban J connectivity index is 3.80. The molecule has 0 bridgehead atoms. The van der Waals surface area contributed by atoms with Crippen molar-refractivity contribution < 1.29 is 4.74 Å². The van der Waals surface area contributed by atoms with E-state index in [4.69, 9.17) is 10.5 Å². The van der Waals surface area contributed by atoms with Gasteiger partial charge in [-0.1, -0.05) is 6.92 Å². The summed E-state index contributed by atoms with van der Waals surface area (Å²) >= 11 is 0. The first-order valence-electron chi connectivity index (χ1n) is 4.56. The lowest BCUT2D eigenvalue weighted by Gasteiger charge is -2.30. The van der Waals surface area contributed by atoms with Gasteiger partial charge in [0.25, 0.3) is 0 Å². The standard InChI is InChI=1S/C10H23NO/c1-8(10(5,6)11)7-12-9(2,3)4/h8H,7,11H2,1-6H3. The van der Waals surface area contributed by atoms with E-state index in [2.05, 4.69) is 27.7 Å². The third kappa shape index (κ3) is 5.56. The zero-order chi connectivity index (χ0) is 9.99. The summed E-state index contributed by atoms with van der Waals surface area (Å²) in [5.41, 5.74) is 5.72. The van der Waals surface area contributed by atoms with Gasteiger partial charge in [0.1, 0.15) is 0 Å². The van der Waals surface area contributed by atoms with Gasteiger partial charge in [-0.2, -0.15) is 0 Å². The summed E-state index contributed by atoms with van der Waals surface area (Å²) in [6.45, 7) is 13.1. The van der Waals surface area contributed by atoms with Crippen molar-refractivity contribution in [3.8, 4) is 0 Å². The van der Waals surface area contributed by atoms with Crippen molar-refractivity contribution in [1.29, 1.82) is 0 Å². The lowest BCUT2D eigenvalue weighted by atomic mass is 9.91. The molecule has 0 aliphatic heterocycles. The van der Waals surface area contributed by atoms with Crippen molar-refractivity contribution in [1.82, 2.24) is 0 Å². The molecule has 0 saturated carbocycles. The molecule has 1 atom stereocenters. The lowest BCUT2D eigenvalue weighted by Crippen LogP contribution is -2.42. The summed E-state index contributed by atoms with van der Waals surface area (Å²) < 4.78 is 5.64. The third-order valence-corrected chi connectivity index (χ3v) is 2.04. The second-order valence-electron chi connectivity index (χ2n) is 5.15. The minimum Gasteiger partial charge on any atom is -0.376 e. The first kappa shape index (κ1) is 11.9. The summed E-state index contributed by atoms with van der Waals surface area (Å²) in [5.74, 6) is 0.386. The highest BCUT2D eigenvalue weighted by molar-refractivity contribution is 4.79. The maximum Gasteiger partial charge on any atom is 0.0598 e. The molecule has 12 heavy (non-hydrogen) atoms. The maximum absolute atomic E-state index is 5.93. The van der Waals surface area contributed by atoms with Crippen molar-refractivity contribution in [2.45, 2.75) is 52.7 Å². The average molecular weight is 173 g/mol. The van der Waals surface area contributed by atoms with E-state index in [9.17, 15) is 0 Å². The van der Waals surface area contributed by atoms with Crippen LogP contribution < -0.4 is 5.73 Å². The van der Waals surface area contributed by atoms with Crippen LogP contribution in [-0.2, 0) is 4.74 Å². The first-order valence-corrected chi connectivity index (χ1v) is 4.56. The van der Waals surface area contributed by atoms with Crippen LogP contribution in [-0.4, -0.2) is 17.7 Å². The molecule has 0 heterocycles. The van der Waals surface area contributed by atoms with Crippen LogP contribution in [0.25, 0.3) is 0 Å².